The molecule has 2 aliphatic rings. The summed E-state index contributed by atoms with van der Waals surface area (Å²) in [5, 5.41) is 0. The summed E-state index contributed by atoms with van der Waals surface area (Å²) in [5.41, 5.74) is -0.535. The highest BCUT2D eigenvalue weighted by Crippen LogP contribution is 2.34. The molecular weight excluding hydrogens is 375 g/mol. The second-order valence-corrected chi connectivity index (χ2v) is 8.42. The van der Waals surface area contributed by atoms with Gasteiger partial charge in [-0.1, -0.05) is 0 Å². The standard InChI is InChI=1S/C20H24F3NO4/c1-20(2,3)28-19(26)24-13-7-12(8-14(24)10-27-9-13)17(25)6-11-4-15(21)18(23)16(22)5-11/h4-5,12-14H,6-10H2,1-3H3. The van der Waals surface area contributed by atoms with Crippen LogP contribution in [0.15, 0.2) is 12.1 Å². The van der Waals surface area contributed by atoms with Crippen LogP contribution >= 0.6 is 0 Å². The first-order valence-corrected chi connectivity index (χ1v) is 9.30. The number of ether oxygens (including phenoxy) is 2. The third kappa shape index (κ3) is 4.48. The molecule has 5 nitrogen and oxygen atoms in total. The van der Waals surface area contributed by atoms with Crippen molar-refractivity contribution in [2.45, 2.75) is 57.7 Å². The van der Waals surface area contributed by atoms with Crippen molar-refractivity contribution in [3.8, 4) is 0 Å². The number of fused-ring (bicyclic) bond motifs is 2. The maximum atomic E-state index is 13.4. The molecule has 28 heavy (non-hydrogen) atoms. The van der Waals surface area contributed by atoms with Gasteiger partial charge in [-0.2, -0.15) is 0 Å². The van der Waals surface area contributed by atoms with E-state index in [0.717, 1.165) is 12.1 Å². The lowest BCUT2D eigenvalue weighted by Crippen LogP contribution is -2.60. The summed E-state index contributed by atoms with van der Waals surface area (Å²) in [4.78, 5) is 26.9. The highest BCUT2D eigenvalue weighted by molar-refractivity contribution is 5.84. The Hall–Kier alpha value is -2.09. The van der Waals surface area contributed by atoms with Gasteiger partial charge in [0, 0.05) is 12.3 Å². The van der Waals surface area contributed by atoms with Crippen LogP contribution in [0.25, 0.3) is 0 Å². The number of ketones is 1. The molecule has 0 aliphatic carbocycles. The van der Waals surface area contributed by atoms with Gasteiger partial charge in [0.05, 0.1) is 25.3 Å². The summed E-state index contributed by atoms with van der Waals surface area (Å²) in [5.74, 6) is -4.73. The van der Waals surface area contributed by atoms with Crippen molar-refractivity contribution in [1.82, 2.24) is 4.90 Å². The van der Waals surface area contributed by atoms with Crippen molar-refractivity contribution in [2.24, 2.45) is 5.92 Å². The molecule has 8 heteroatoms. The average Bonchev–Trinajstić information content (AvgIpc) is 2.56. The van der Waals surface area contributed by atoms with Crippen LogP contribution in [-0.2, 0) is 20.7 Å². The van der Waals surface area contributed by atoms with Gasteiger partial charge in [-0.25, -0.2) is 18.0 Å². The van der Waals surface area contributed by atoms with E-state index in [2.05, 4.69) is 0 Å². The molecule has 2 fully saturated rings. The molecule has 2 aliphatic heterocycles. The predicted molar refractivity (Wildman–Crippen MR) is 94.2 cm³/mol. The minimum absolute atomic E-state index is 0.0948. The number of halogens is 3. The van der Waals surface area contributed by atoms with Crippen molar-refractivity contribution >= 4 is 11.9 Å². The fraction of sp³-hybridized carbons (Fsp3) is 0.600. The maximum absolute atomic E-state index is 13.4. The quantitative estimate of drug-likeness (QED) is 0.729. The maximum Gasteiger partial charge on any atom is 0.410 e. The van der Waals surface area contributed by atoms with E-state index < -0.39 is 29.1 Å². The topological polar surface area (TPSA) is 55.8 Å². The average molecular weight is 399 g/mol. The summed E-state index contributed by atoms with van der Waals surface area (Å²) in [6.07, 6.45) is 0.159. The lowest BCUT2D eigenvalue weighted by Gasteiger charge is -2.47. The number of morpholine rings is 1. The highest BCUT2D eigenvalue weighted by Gasteiger charge is 2.45. The van der Waals surface area contributed by atoms with Crippen molar-refractivity contribution < 1.29 is 32.2 Å². The first kappa shape index (κ1) is 20.6. The number of carbonyl (C=O) groups excluding carboxylic acids is 2. The molecular formula is C20H24F3NO4. The number of hydrogen-bond donors (Lipinski definition) is 0. The molecule has 3 rings (SSSR count). The van der Waals surface area contributed by atoms with E-state index in [9.17, 15) is 22.8 Å². The Morgan fingerprint density at radius 3 is 2.14 bits per heavy atom. The molecule has 2 saturated heterocycles. The molecule has 0 spiro atoms. The second kappa shape index (κ2) is 7.73. The zero-order chi connectivity index (χ0) is 20.6. The fourth-order valence-corrected chi connectivity index (χ4v) is 3.85. The Morgan fingerprint density at radius 2 is 1.64 bits per heavy atom. The molecule has 0 radical (unpaired) electrons. The van der Waals surface area contributed by atoms with Crippen LogP contribution in [0.2, 0.25) is 0 Å². The van der Waals surface area contributed by atoms with Gasteiger partial charge in [-0.15, -0.1) is 0 Å². The first-order chi connectivity index (χ1) is 13.0. The molecule has 2 unspecified atom stereocenters. The van der Waals surface area contributed by atoms with Gasteiger partial charge >= 0.3 is 6.09 Å². The molecule has 0 aromatic heterocycles. The lowest BCUT2D eigenvalue weighted by atomic mass is 9.81. The highest BCUT2D eigenvalue weighted by atomic mass is 19.2. The number of amides is 1. The smallest absolute Gasteiger partial charge is 0.410 e. The van der Waals surface area contributed by atoms with E-state index in [4.69, 9.17) is 9.47 Å². The number of rotatable bonds is 3. The SMILES string of the molecule is CC(C)(C)OC(=O)N1C2COCC1CC(C(=O)Cc1cc(F)c(F)c(F)c1)C2. The van der Waals surface area contributed by atoms with Gasteiger partial charge < -0.3 is 9.47 Å². The summed E-state index contributed by atoms with van der Waals surface area (Å²) in [6.45, 7) is 5.97. The van der Waals surface area contributed by atoms with Gasteiger partial charge in [0.25, 0.3) is 0 Å². The number of nitrogens with zero attached hydrogens (tertiary/aromatic N) is 1. The monoisotopic (exact) mass is 399 g/mol. The summed E-state index contributed by atoms with van der Waals surface area (Å²) < 4.78 is 50.9. The van der Waals surface area contributed by atoms with Crippen molar-refractivity contribution in [2.75, 3.05) is 13.2 Å². The Bertz CT molecular complexity index is 740. The van der Waals surface area contributed by atoms with Crippen LogP contribution in [0, 0.1) is 23.4 Å². The molecule has 0 saturated carbocycles. The van der Waals surface area contributed by atoms with Crippen LogP contribution in [0.4, 0.5) is 18.0 Å². The largest absolute Gasteiger partial charge is 0.444 e. The summed E-state index contributed by atoms with van der Waals surface area (Å²) in [7, 11) is 0. The Morgan fingerprint density at radius 1 is 1.11 bits per heavy atom. The molecule has 0 N–H and O–H groups in total. The predicted octanol–water partition coefficient (Wildman–Crippen LogP) is 3.63. The number of hydrogen-bond acceptors (Lipinski definition) is 4. The lowest BCUT2D eigenvalue weighted by molar-refractivity contribution is -0.131. The second-order valence-electron chi connectivity index (χ2n) is 8.42. The molecule has 1 amide bonds. The zero-order valence-corrected chi connectivity index (χ0v) is 16.1. The van der Waals surface area contributed by atoms with Crippen LogP contribution in [0.5, 0.6) is 0 Å². The first-order valence-electron chi connectivity index (χ1n) is 9.30. The molecule has 1 aromatic rings. The van der Waals surface area contributed by atoms with E-state index in [1.165, 1.54) is 0 Å². The fourth-order valence-electron chi connectivity index (χ4n) is 3.85. The Kier molecular flexibility index (Phi) is 5.70. The number of piperidine rings is 1. The van der Waals surface area contributed by atoms with Crippen molar-refractivity contribution in [3.05, 3.63) is 35.1 Å². The van der Waals surface area contributed by atoms with Crippen LogP contribution in [-0.4, -0.2) is 47.7 Å². The third-order valence-corrected chi connectivity index (χ3v) is 5.00. The summed E-state index contributed by atoms with van der Waals surface area (Å²) in [6, 6.07) is 1.10. The van der Waals surface area contributed by atoms with Crippen LogP contribution in [0.3, 0.4) is 0 Å². The minimum atomic E-state index is -1.55. The van der Waals surface area contributed by atoms with Crippen molar-refractivity contribution in [3.63, 3.8) is 0 Å². The van der Waals surface area contributed by atoms with Gasteiger partial charge in [-0.3, -0.25) is 9.69 Å². The Labute approximate surface area is 161 Å². The zero-order valence-electron chi connectivity index (χ0n) is 16.1. The Balaban J connectivity index is 1.69. The van der Waals surface area contributed by atoms with E-state index in [1.54, 1.807) is 25.7 Å². The van der Waals surface area contributed by atoms with E-state index in [0.29, 0.717) is 26.1 Å². The normalized spacial score (nSPS) is 24.8. The molecule has 2 heterocycles. The number of carbonyl (C=O) groups is 2. The van der Waals surface area contributed by atoms with E-state index in [-0.39, 0.29) is 35.8 Å². The molecule has 2 atom stereocenters. The number of Topliss-reactive ketones (excluding diaryl/α,β-unsaturated/α-hetero) is 1. The van der Waals surface area contributed by atoms with Gasteiger partial charge in [0.15, 0.2) is 17.5 Å². The van der Waals surface area contributed by atoms with Crippen molar-refractivity contribution in [1.29, 1.82) is 0 Å². The third-order valence-electron chi connectivity index (χ3n) is 5.00. The van der Waals surface area contributed by atoms with Gasteiger partial charge in [0.1, 0.15) is 11.4 Å². The number of benzene rings is 1. The molecule has 2 bridgehead atoms. The molecule has 1 aromatic carbocycles. The molecule has 154 valence electrons. The van der Waals surface area contributed by atoms with Crippen LogP contribution < -0.4 is 0 Å². The summed E-state index contributed by atoms with van der Waals surface area (Å²) >= 11 is 0. The van der Waals surface area contributed by atoms with Crippen LogP contribution in [0.1, 0.15) is 39.2 Å². The van der Waals surface area contributed by atoms with Gasteiger partial charge in [0.2, 0.25) is 0 Å². The minimum Gasteiger partial charge on any atom is -0.444 e. The van der Waals surface area contributed by atoms with E-state index >= 15 is 0 Å². The van der Waals surface area contributed by atoms with E-state index in [1.807, 2.05) is 0 Å². The van der Waals surface area contributed by atoms with Gasteiger partial charge in [-0.05, 0) is 51.3 Å².